The molecule has 0 unspecified atom stereocenters. The summed E-state index contributed by atoms with van der Waals surface area (Å²) in [5.74, 6) is 0.946. The van der Waals surface area contributed by atoms with Gasteiger partial charge in [-0.2, -0.15) is 0 Å². The quantitative estimate of drug-likeness (QED) is 0.723. The Morgan fingerprint density at radius 2 is 1.85 bits per heavy atom. The van der Waals surface area contributed by atoms with Crippen molar-refractivity contribution >= 4 is 22.8 Å². The third-order valence-electron chi connectivity index (χ3n) is 5.12. The molecule has 0 bridgehead atoms. The Bertz CT molecular complexity index is 897. The number of hydrogen-bond acceptors (Lipinski definition) is 5. The lowest BCUT2D eigenvalue weighted by Gasteiger charge is -2.26. The molecule has 1 saturated heterocycles. The molecular formula is C19H28N4O2S. The topological polar surface area (TPSA) is 60.1 Å². The number of aromatic nitrogens is 3. The van der Waals surface area contributed by atoms with Crippen molar-refractivity contribution in [2.75, 3.05) is 25.4 Å². The Kier molecular flexibility index (Phi) is 6.19. The lowest BCUT2D eigenvalue weighted by molar-refractivity contribution is 0.242. The molecular weight excluding hydrogens is 348 g/mol. The second kappa shape index (κ2) is 8.39. The summed E-state index contributed by atoms with van der Waals surface area (Å²) in [4.78, 5) is 33.0. The van der Waals surface area contributed by atoms with E-state index in [-0.39, 0.29) is 11.2 Å². The average Bonchev–Trinajstić information content (AvgIpc) is 2.66. The van der Waals surface area contributed by atoms with Gasteiger partial charge in [-0.1, -0.05) is 19.8 Å². The van der Waals surface area contributed by atoms with Crippen LogP contribution in [0.25, 0.3) is 11.0 Å². The molecule has 2 aromatic rings. The van der Waals surface area contributed by atoms with Crippen molar-refractivity contribution in [2.24, 2.45) is 14.1 Å². The molecule has 0 spiro atoms. The zero-order chi connectivity index (χ0) is 18.7. The molecule has 1 aliphatic rings. The number of piperidine rings is 1. The summed E-state index contributed by atoms with van der Waals surface area (Å²) in [5, 5.41) is 0.587. The highest BCUT2D eigenvalue weighted by atomic mass is 32.2. The Balaban J connectivity index is 1.98. The maximum Gasteiger partial charge on any atom is 0.332 e. The van der Waals surface area contributed by atoms with Gasteiger partial charge in [0.15, 0.2) is 0 Å². The third-order valence-corrected chi connectivity index (χ3v) is 6.26. The van der Waals surface area contributed by atoms with Crippen LogP contribution >= 0.6 is 11.8 Å². The summed E-state index contributed by atoms with van der Waals surface area (Å²) in [6.45, 7) is 5.52. The summed E-state index contributed by atoms with van der Waals surface area (Å²) in [5.41, 5.74) is 1.02. The molecule has 7 heteroatoms. The molecule has 2 aromatic heterocycles. The van der Waals surface area contributed by atoms with E-state index < -0.39 is 0 Å². The molecule has 0 atom stereocenters. The van der Waals surface area contributed by atoms with Crippen LogP contribution in [0.1, 0.15) is 38.2 Å². The molecule has 0 aliphatic carbocycles. The largest absolute Gasteiger partial charge is 0.332 e. The van der Waals surface area contributed by atoms with Crippen molar-refractivity contribution in [1.29, 1.82) is 0 Å². The molecule has 1 aliphatic heterocycles. The number of pyridine rings is 1. The van der Waals surface area contributed by atoms with Gasteiger partial charge in [0.05, 0.1) is 5.39 Å². The van der Waals surface area contributed by atoms with Crippen LogP contribution in [0.4, 0.5) is 0 Å². The fourth-order valence-electron chi connectivity index (χ4n) is 3.61. The number of rotatable bonds is 6. The van der Waals surface area contributed by atoms with Gasteiger partial charge in [0.25, 0.3) is 5.56 Å². The summed E-state index contributed by atoms with van der Waals surface area (Å²) in [7, 11) is 3.22. The third kappa shape index (κ3) is 3.74. The molecule has 0 amide bonds. The highest BCUT2D eigenvalue weighted by molar-refractivity contribution is 7.99. The Hall–Kier alpha value is -1.60. The van der Waals surface area contributed by atoms with Gasteiger partial charge >= 0.3 is 5.69 Å². The van der Waals surface area contributed by atoms with E-state index >= 15 is 0 Å². The molecule has 1 fully saturated rings. The molecule has 3 heterocycles. The predicted octanol–water partition coefficient (Wildman–Crippen LogP) is 2.16. The highest BCUT2D eigenvalue weighted by Crippen LogP contribution is 2.29. The predicted molar refractivity (Wildman–Crippen MR) is 107 cm³/mol. The first-order valence-electron chi connectivity index (χ1n) is 9.47. The summed E-state index contributed by atoms with van der Waals surface area (Å²) in [6.07, 6.45) is 7.64. The number of likely N-dealkylation sites (tertiary alicyclic amines) is 1. The smallest absolute Gasteiger partial charge is 0.303 e. The van der Waals surface area contributed by atoms with Crippen LogP contribution < -0.4 is 11.2 Å². The minimum Gasteiger partial charge on any atom is -0.303 e. The molecule has 3 rings (SSSR count). The van der Waals surface area contributed by atoms with Gasteiger partial charge in [-0.25, -0.2) is 9.78 Å². The minimum absolute atomic E-state index is 0.242. The number of hydrogen-bond donors (Lipinski definition) is 0. The number of thioether (sulfide) groups is 1. The average molecular weight is 377 g/mol. The monoisotopic (exact) mass is 376 g/mol. The van der Waals surface area contributed by atoms with E-state index in [1.807, 2.05) is 6.20 Å². The van der Waals surface area contributed by atoms with Gasteiger partial charge in [0, 0.05) is 37.5 Å². The molecule has 142 valence electrons. The lowest BCUT2D eigenvalue weighted by Crippen LogP contribution is -2.37. The van der Waals surface area contributed by atoms with E-state index in [1.54, 1.807) is 25.9 Å². The first-order valence-corrected chi connectivity index (χ1v) is 10.5. The standard InChI is InChI=1S/C19H28N4O2S/c1-4-8-14-13-20-17-15(18(24)22(3)19(25)21(17)2)16(14)26-12-11-23-9-6-5-7-10-23/h13H,4-12H2,1-3H3. The maximum absolute atomic E-state index is 12.8. The molecule has 6 nitrogen and oxygen atoms in total. The lowest BCUT2D eigenvalue weighted by atomic mass is 10.1. The van der Waals surface area contributed by atoms with Gasteiger partial charge in [0.2, 0.25) is 0 Å². The van der Waals surface area contributed by atoms with E-state index in [2.05, 4.69) is 16.8 Å². The van der Waals surface area contributed by atoms with Crippen molar-refractivity contribution < 1.29 is 0 Å². The fraction of sp³-hybridized carbons (Fsp3) is 0.632. The molecule has 0 radical (unpaired) electrons. The Morgan fingerprint density at radius 3 is 2.54 bits per heavy atom. The van der Waals surface area contributed by atoms with Crippen molar-refractivity contribution in [3.05, 3.63) is 32.6 Å². The number of aryl methyl sites for hydroxylation is 2. The van der Waals surface area contributed by atoms with E-state index in [9.17, 15) is 9.59 Å². The van der Waals surface area contributed by atoms with Crippen LogP contribution in [0, 0.1) is 0 Å². The van der Waals surface area contributed by atoms with Gasteiger partial charge in [-0.3, -0.25) is 13.9 Å². The van der Waals surface area contributed by atoms with Crippen molar-refractivity contribution in [1.82, 2.24) is 19.0 Å². The first kappa shape index (κ1) is 19.2. The van der Waals surface area contributed by atoms with Crippen LogP contribution in [-0.2, 0) is 20.5 Å². The molecule has 0 saturated carbocycles. The first-order chi connectivity index (χ1) is 12.5. The van der Waals surface area contributed by atoms with Crippen molar-refractivity contribution in [3.63, 3.8) is 0 Å². The summed E-state index contributed by atoms with van der Waals surface area (Å²) in [6, 6.07) is 0. The number of fused-ring (bicyclic) bond motifs is 1. The zero-order valence-corrected chi connectivity index (χ0v) is 16.8. The van der Waals surface area contributed by atoms with Gasteiger partial charge < -0.3 is 4.90 Å². The summed E-state index contributed by atoms with van der Waals surface area (Å²) >= 11 is 1.74. The normalized spacial score (nSPS) is 15.7. The van der Waals surface area contributed by atoms with E-state index in [4.69, 9.17) is 0 Å². The van der Waals surface area contributed by atoms with E-state index in [1.165, 1.54) is 41.5 Å². The van der Waals surface area contributed by atoms with Crippen LogP contribution in [0.2, 0.25) is 0 Å². The Labute approximate surface area is 158 Å². The summed E-state index contributed by atoms with van der Waals surface area (Å²) < 4.78 is 2.66. The molecule has 0 aromatic carbocycles. The second-order valence-electron chi connectivity index (χ2n) is 7.02. The zero-order valence-electron chi connectivity index (χ0n) is 16.0. The minimum atomic E-state index is -0.331. The van der Waals surface area contributed by atoms with Gasteiger partial charge in [-0.05, 0) is 37.9 Å². The van der Waals surface area contributed by atoms with Crippen LogP contribution in [0.15, 0.2) is 20.7 Å². The maximum atomic E-state index is 12.8. The van der Waals surface area contributed by atoms with Crippen LogP contribution in [0.5, 0.6) is 0 Å². The Morgan fingerprint density at radius 1 is 1.12 bits per heavy atom. The molecule has 0 N–H and O–H groups in total. The fourth-order valence-corrected chi connectivity index (χ4v) is 4.83. The second-order valence-corrected chi connectivity index (χ2v) is 8.12. The van der Waals surface area contributed by atoms with Crippen LogP contribution in [-0.4, -0.2) is 44.4 Å². The van der Waals surface area contributed by atoms with E-state index in [0.717, 1.165) is 35.6 Å². The molecule has 26 heavy (non-hydrogen) atoms. The van der Waals surface area contributed by atoms with Gasteiger partial charge in [-0.15, -0.1) is 11.8 Å². The SMILES string of the molecule is CCCc1cnc2c(c1SCCN1CCCCC1)c(=O)n(C)c(=O)n2C. The van der Waals surface area contributed by atoms with Crippen molar-refractivity contribution in [2.45, 2.75) is 43.9 Å². The van der Waals surface area contributed by atoms with Crippen molar-refractivity contribution in [3.8, 4) is 0 Å². The highest BCUT2D eigenvalue weighted by Gasteiger charge is 2.18. The van der Waals surface area contributed by atoms with Crippen LogP contribution in [0.3, 0.4) is 0 Å². The number of nitrogens with zero attached hydrogens (tertiary/aromatic N) is 4. The van der Waals surface area contributed by atoms with Gasteiger partial charge in [0.1, 0.15) is 5.65 Å². The van der Waals surface area contributed by atoms with E-state index in [0.29, 0.717) is 11.0 Å².